The first-order chi connectivity index (χ1) is 8.97. The standard InChI is InChI=1S/C13H22O6/c1-5-17-10(14)8-9(4)11(12(15)18-6-2)13(16)19-7-3/h9,11H,5-8H2,1-4H3/t9-/m0/s1. The highest BCUT2D eigenvalue weighted by Gasteiger charge is 2.36. The van der Waals surface area contributed by atoms with Gasteiger partial charge in [0.05, 0.1) is 19.8 Å². The van der Waals surface area contributed by atoms with E-state index in [1.165, 1.54) is 0 Å². The Labute approximate surface area is 113 Å². The van der Waals surface area contributed by atoms with Gasteiger partial charge in [0, 0.05) is 6.42 Å². The van der Waals surface area contributed by atoms with Crippen LogP contribution in [0.2, 0.25) is 0 Å². The minimum atomic E-state index is -1.09. The Kier molecular flexibility index (Phi) is 8.57. The maximum Gasteiger partial charge on any atom is 0.320 e. The van der Waals surface area contributed by atoms with E-state index < -0.39 is 29.7 Å². The highest BCUT2D eigenvalue weighted by atomic mass is 16.6. The molecule has 0 saturated heterocycles. The molecule has 0 N–H and O–H groups in total. The van der Waals surface area contributed by atoms with Crippen LogP contribution in [0.5, 0.6) is 0 Å². The topological polar surface area (TPSA) is 78.9 Å². The molecule has 6 nitrogen and oxygen atoms in total. The molecule has 0 aromatic heterocycles. The van der Waals surface area contributed by atoms with Gasteiger partial charge in [-0.05, 0) is 26.7 Å². The zero-order valence-electron chi connectivity index (χ0n) is 11.9. The van der Waals surface area contributed by atoms with Crippen LogP contribution in [-0.4, -0.2) is 37.7 Å². The Morgan fingerprint density at radius 3 is 1.63 bits per heavy atom. The average Bonchev–Trinajstić information content (AvgIpc) is 2.29. The van der Waals surface area contributed by atoms with Crippen molar-refractivity contribution in [3.05, 3.63) is 0 Å². The van der Waals surface area contributed by atoms with Crippen molar-refractivity contribution in [1.82, 2.24) is 0 Å². The first kappa shape index (κ1) is 17.4. The first-order valence-corrected chi connectivity index (χ1v) is 6.46. The summed E-state index contributed by atoms with van der Waals surface area (Å²) in [5.41, 5.74) is 0. The van der Waals surface area contributed by atoms with E-state index in [9.17, 15) is 14.4 Å². The molecule has 0 aliphatic carbocycles. The molecular formula is C13H22O6. The molecule has 0 aliphatic rings. The number of hydrogen-bond acceptors (Lipinski definition) is 6. The van der Waals surface area contributed by atoms with Crippen LogP contribution in [0.25, 0.3) is 0 Å². The smallest absolute Gasteiger partial charge is 0.320 e. The van der Waals surface area contributed by atoms with Gasteiger partial charge in [0.1, 0.15) is 0 Å². The van der Waals surface area contributed by atoms with Crippen molar-refractivity contribution < 1.29 is 28.6 Å². The molecule has 0 spiro atoms. The lowest BCUT2D eigenvalue weighted by atomic mass is 9.91. The highest BCUT2D eigenvalue weighted by Crippen LogP contribution is 2.20. The molecule has 0 rings (SSSR count). The van der Waals surface area contributed by atoms with Crippen molar-refractivity contribution in [2.45, 2.75) is 34.1 Å². The molecule has 6 heteroatoms. The van der Waals surface area contributed by atoms with Crippen LogP contribution in [0.3, 0.4) is 0 Å². The van der Waals surface area contributed by atoms with Crippen LogP contribution in [0.4, 0.5) is 0 Å². The third-order valence-corrected chi connectivity index (χ3v) is 2.44. The van der Waals surface area contributed by atoms with E-state index in [0.29, 0.717) is 0 Å². The molecule has 110 valence electrons. The second-order valence-electron chi connectivity index (χ2n) is 3.97. The Balaban J connectivity index is 4.76. The minimum absolute atomic E-state index is 0.0316. The van der Waals surface area contributed by atoms with Gasteiger partial charge in [0.25, 0.3) is 0 Å². The van der Waals surface area contributed by atoms with E-state index in [4.69, 9.17) is 14.2 Å². The van der Waals surface area contributed by atoms with E-state index in [2.05, 4.69) is 0 Å². The molecular weight excluding hydrogens is 252 g/mol. The lowest BCUT2D eigenvalue weighted by Gasteiger charge is -2.19. The molecule has 0 amide bonds. The Morgan fingerprint density at radius 1 is 0.842 bits per heavy atom. The van der Waals surface area contributed by atoms with Crippen LogP contribution in [0.15, 0.2) is 0 Å². The van der Waals surface area contributed by atoms with Crippen LogP contribution in [0, 0.1) is 11.8 Å². The summed E-state index contributed by atoms with van der Waals surface area (Å²) >= 11 is 0. The summed E-state index contributed by atoms with van der Waals surface area (Å²) in [5.74, 6) is -3.41. The van der Waals surface area contributed by atoms with Crippen LogP contribution in [-0.2, 0) is 28.6 Å². The molecule has 0 aromatic rings. The van der Waals surface area contributed by atoms with E-state index >= 15 is 0 Å². The number of carbonyl (C=O) groups excluding carboxylic acids is 3. The number of esters is 3. The molecule has 1 atom stereocenters. The van der Waals surface area contributed by atoms with E-state index in [1.807, 2.05) is 0 Å². The second-order valence-corrected chi connectivity index (χ2v) is 3.97. The lowest BCUT2D eigenvalue weighted by Crippen LogP contribution is -2.34. The van der Waals surface area contributed by atoms with Gasteiger partial charge in [-0.2, -0.15) is 0 Å². The Bertz CT molecular complexity index is 294. The Morgan fingerprint density at radius 2 is 1.26 bits per heavy atom. The van der Waals surface area contributed by atoms with Gasteiger partial charge in [-0.1, -0.05) is 6.92 Å². The highest BCUT2D eigenvalue weighted by molar-refractivity contribution is 5.95. The predicted octanol–water partition coefficient (Wildman–Crippen LogP) is 1.32. The van der Waals surface area contributed by atoms with Gasteiger partial charge < -0.3 is 14.2 Å². The molecule has 0 radical (unpaired) electrons. The van der Waals surface area contributed by atoms with Crippen LogP contribution < -0.4 is 0 Å². The summed E-state index contributed by atoms with van der Waals surface area (Å²) in [6.07, 6.45) is -0.0316. The van der Waals surface area contributed by atoms with Gasteiger partial charge in [-0.15, -0.1) is 0 Å². The molecule has 0 heterocycles. The normalized spacial score (nSPS) is 11.8. The van der Waals surface area contributed by atoms with Crippen molar-refractivity contribution in [3.8, 4) is 0 Å². The van der Waals surface area contributed by atoms with Crippen molar-refractivity contribution in [2.24, 2.45) is 11.8 Å². The number of hydrogen-bond donors (Lipinski definition) is 0. The molecule has 0 unspecified atom stereocenters. The van der Waals surface area contributed by atoms with Crippen LogP contribution in [0.1, 0.15) is 34.1 Å². The molecule has 0 bridgehead atoms. The maximum atomic E-state index is 11.8. The summed E-state index contributed by atoms with van der Waals surface area (Å²) in [6.45, 7) is 7.20. The lowest BCUT2D eigenvalue weighted by molar-refractivity contribution is -0.164. The van der Waals surface area contributed by atoms with E-state index in [-0.39, 0.29) is 26.2 Å². The summed E-state index contributed by atoms with van der Waals surface area (Å²) in [5, 5.41) is 0. The molecule has 0 aliphatic heterocycles. The van der Waals surface area contributed by atoms with Gasteiger partial charge in [0.2, 0.25) is 0 Å². The number of carbonyl (C=O) groups is 3. The van der Waals surface area contributed by atoms with Crippen molar-refractivity contribution in [1.29, 1.82) is 0 Å². The van der Waals surface area contributed by atoms with Crippen molar-refractivity contribution in [3.63, 3.8) is 0 Å². The zero-order chi connectivity index (χ0) is 14.8. The fourth-order valence-corrected chi connectivity index (χ4v) is 1.63. The van der Waals surface area contributed by atoms with Crippen molar-refractivity contribution in [2.75, 3.05) is 19.8 Å². The number of rotatable bonds is 8. The summed E-state index contributed by atoms with van der Waals surface area (Å²) in [4.78, 5) is 34.9. The van der Waals surface area contributed by atoms with Gasteiger partial charge in [-0.25, -0.2) is 0 Å². The van der Waals surface area contributed by atoms with Gasteiger partial charge >= 0.3 is 17.9 Å². The van der Waals surface area contributed by atoms with Gasteiger partial charge in [-0.3, -0.25) is 14.4 Å². The van der Waals surface area contributed by atoms with E-state index in [0.717, 1.165) is 0 Å². The molecule has 0 aromatic carbocycles. The summed E-state index contributed by atoms with van der Waals surface area (Å²) in [7, 11) is 0. The van der Waals surface area contributed by atoms with Gasteiger partial charge in [0.15, 0.2) is 5.92 Å². The average molecular weight is 274 g/mol. The van der Waals surface area contributed by atoms with E-state index in [1.54, 1.807) is 27.7 Å². The Hall–Kier alpha value is -1.59. The molecule has 0 fully saturated rings. The fraction of sp³-hybridized carbons (Fsp3) is 0.769. The monoisotopic (exact) mass is 274 g/mol. The fourth-order valence-electron chi connectivity index (χ4n) is 1.63. The predicted molar refractivity (Wildman–Crippen MR) is 67.2 cm³/mol. The van der Waals surface area contributed by atoms with Crippen molar-refractivity contribution >= 4 is 17.9 Å². The van der Waals surface area contributed by atoms with Crippen LogP contribution >= 0.6 is 0 Å². The SMILES string of the molecule is CCOC(=O)C[C@H](C)C(C(=O)OCC)C(=O)OCC. The first-order valence-electron chi connectivity index (χ1n) is 6.46. The number of ether oxygens (including phenoxy) is 3. The minimum Gasteiger partial charge on any atom is -0.466 e. The second kappa shape index (κ2) is 9.35. The quantitative estimate of drug-likeness (QED) is 0.377. The summed E-state index contributed by atoms with van der Waals surface area (Å²) in [6, 6.07) is 0. The summed E-state index contributed by atoms with van der Waals surface area (Å²) < 4.78 is 14.5. The molecule has 0 saturated carbocycles. The third kappa shape index (κ3) is 6.22. The largest absolute Gasteiger partial charge is 0.466 e. The maximum absolute atomic E-state index is 11.8. The molecule has 19 heavy (non-hydrogen) atoms. The zero-order valence-corrected chi connectivity index (χ0v) is 11.9. The third-order valence-electron chi connectivity index (χ3n) is 2.44.